The Morgan fingerprint density at radius 3 is 2.33 bits per heavy atom. The largest absolute Gasteiger partial charge is 0.340 e. The second kappa shape index (κ2) is 12.8. The second-order valence-electron chi connectivity index (χ2n) is 2.15. The van der Waals surface area contributed by atoms with Gasteiger partial charge in [0.05, 0.1) is 6.34 Å². The molecule has 0 fully saturated rings. The first-order valence-corrected chi connectivity index (χ1v) is 4.65. The molecule has 0 radical (unpaired) electrons. The number of hydrogen-bond acceptors (Lipinski definition) is 1. The van der Waals surface area contributed by atoms with Crippen LogP contribution in [0.2, 0.25) is 0 Å². The van der Waals surface area contributed by atoms with Crippen molar-refractivity contribution in [3.05, 3.63) is 12.8 Å². The van der Waals surface area contributed by atoms with Gasteiger partial charge in [0, 0.05) is 13.6 Å². The molecule has 0 saturated carbocycles. The van der Waals surface area contributed by atoms with Crippen molar-refractivity contribution in [2.75, 3.05) is 13.6 Å². The van der Waals surface area contributed by atoms with Gasteiger partial charge in [0.25, 0.3) is 0 Å². The molecule has 0 spiro atoms. The first-order valence-electron chi connectivity index (χ1n) is 4.65. The summed E-state index contributed by atoms with van der Waals surface area (Å²) >= 11 is 0. The van der Waals surface area contributed by atoms with Gasteiger partial charge in [-0.05, 0) is 12.6 Å². The van der Waals surface area contributed by atoms with Crippen LogP contribution < -0.4 is 0 Å². The van der Waals surface area contributed by atoms with Crippen LogP contribution in [0, 0.1) is 0 Å². The van der Waals surface area contributed by atoms with E-state index in [9.17, 15) is 0 Å². The molecule has 0 bridgehead atoms. The van der Waals surface area contributed by atoms with Crippen molar-refractivity contribution in [2.24, 2.45) is 4.99 Å². The van der Waals surface area contributed by atoms with Crippen LogP contribution in [-0.2, 0) is 0 Å². The maximum absolute atomic E-state index is 3.89. The molecule has 0 aromatic carbocycles. The molecule has 0 unspecified atom stereocenters. The van der Waals surface area contributed by atoms with Crippen LogP contribution >= 0.6 is 0 Å². The summed E-state index contributed by atoms with van der Waals surface area (Å²) in [5, 5.41) is 0. The van der Waals surface area contributed by atoms with E-state index in [1.165, 1.54) is 12.8 Å². The van der Waals surface area contributed by atoms with Gasteiger partial charge in [0.15, 0.2) is 0 Å². The van der Waals surface area contributed by atoms with Gasteiger partial charge in [-0.2, -0.15) is 0 Å². The second-order valence-corrected chi connectivity index (χ2v) is 2.15. The summed E-state index contributed by atoms with van der Waals surface area (Å²) in [5.41, 5.74) is 0. The number of unbranched alkanes of at least 4 members (excludes halogenated alkanes) is 1. The molecule has 0 saturated heterocycles. The number of rotatable bonds is 5. The highest BCUT2D eigenvalue weighted by molar-refractivity contribution is 5.55. The maximum Gasteiger partial charge on any atom is 0.0885 e. The number of nitrogens with zero attached hydrogens (tertiary/aromatic N) is 2. The van der Waals surface area contributed by atoms with Gasteiger partial charge in [0.1, 0.15) is 0 Å². The normalized spacial score (nSPS) is 9.00. The van der Waals surface area contributed by atoms with Gasteiger partial charge in [0.2, 0.25) is 0 Å². The fourth-order valence-electron chi connectivity index (χ4n) is 0.685. The summed E-state index contributed by atoms with van der Waals surface area (Å²) < 4.78 is 0. The van der Waals surface area contributed by atoms with Gasteiger partial charge in [-0.3, -0.25) is 4.99 Å². The lowest BCUT2D eigenvalue weighted by Gasteiger charge is -2.11. The Morgan fingerprint density at radius 1 is 1.42 bits per heavy atom. The van der Waals surface area contributed by atoms with Gasteiger partial charge >= 0.3 is 0 Å². The smallest absolute Gasteiger partial charge is 0.0885 e. The topological polar surface area (TPSA) is 15.6 Å². The summed E-state index contributed by atoms with van der Waals surface area (Å²) in [6.45, 7) is 10.9. The van der Waals surface area contributed by atoms with Crippen LogP contribution in [0.15, 0.2) is 17.8 Å². The Morgan fingerprint density at radius 2 is 2.00 bits per heavy atom. The SMILES string of the molecule is C=CN(C=NC)CCCC.CC. The lowest BCUT2D eigenvalue weighted by Crippen LogP contribution is -2.15. The van der Waals surface area contributed by atoms with E-state index in [-0.39, 0.29) is 0 Å². The molecule has 0 amide bonds. The van der Waals surface area contributed by atoms with E-state index in [1.54, 1.807) is 19.6 Å². The van der Waals surface area contributed by atoms with Crippen LogP contribution in [0.4, 0.5) is 0 Å². The van der Waals surface area contributed by atoms with Crippen molar-refractivity contribution in [3.63, 3.8) is 0 Å². The first-order chi connectivity index (χ1) is 5.85. The van der Waals surface area contributed by atoms with Crippen molar-refractivity contribution < 1.29 is 0 Å². The molecule has 0 aliphatic carbocycles. The van der Waals surface area contributed by atoms with Crippen molar-refractivity contribution in [1.29, 1.82) is 0 Å². The Kier molecular flexibility index (Phi) is 14.8. The summed E-state index contributed by atoms with van der Waals surface area (Å²) in [5.74, 6) is 0. The van der Waals surface area contributed by atoms with Crippen LogP contribution in [-0.4, -0.2) is 24.8 Å². The van der Waals surface area contributed by atoms with Gasteiger partial charge in [-0.1, -0.05) is 33.8 Å². The van der Waals surface area contributed by atoms with Crippen LogP contribution in [0.3, 0.4) is 0 Å². The molecule has 0 aromatic heterocycles. The third-order valence-corrected chi connectivity index (χ3v) is 1.27. The Hall–Kier alpha value is -0.790. The highest BCUT2D eigenvalue weighted by atomic mass is 15.1. The summed E-state index contributed by atoms with van der Waals surface area (Å²) in [6, 6.07) is 0. The first kappa shape index (κ1) is 13.8. The Bertz CT molecular complexity index is 108. The molecule has 0 aliphatic rings. The van der Waals surface area contributed by atoms with Crippen LogP contribution in [0.1, 0.15) is 33.6 Å². The molecular formula is C10H22N2. The highest BCUT2D eigenvalue weighted by Crippen LogP contribution is 1.91. The predicted octanol–water partition coefficient (Wildman–Crippen LogP) is 2.92. The molecule has 72 valence electrons. The van der Waals surface area contributed by atoms with E-state index < -0.39 is 0 Å². The molecular weight excluding hydrogens is 148 g/mol. The molecule has 0 aromatic rings. The third kappa shape index (κ3) is 9.21. The van der Waals surface area contributed by atoms with Crippen molar-refractivity contribution in [3.8, 4) is 0 Å². The third-order valence-electron chi connectivity index (χ3n) is 1.27. The van der Waals surface area contributed by atoms with E-state index in [4.69, 9.17) is 0 Å². The average molecular weight is 170 g/mol. The van der Waals surface area contributed by atoms with Gasteiger partial charge in [-0.15, -0.1) is 0 Å². The van der Waals surface area contributed by atoms with Crippen LogP contribution in [0.25, 0.3) is 0 Å². The fourth-order valence-corrected chi connectivity index (χ4v) is 0.685. The standard InChI is InChI=1S/C8H16N2.C2H6/c1-4-6-7-10(5-2)8-9-3;1-2/h5,8H,2,4,6-7H2,1,3H3;1-2H3. The zero-order valence-corrected chi connectivity index (χ0v) is 8.88. The van der Waals surface area contributed by atoms with E-state index in [0.29, 0.717) is 0 Å². The quantitative estimate of drug-likeness (QED) is 0.457. The lowest BCUT2D eigenvalue weighted by molar-refractivity contribution is 0.541. The minimum absolute atomic E-state index is 1.03. The maximum atomic E-state index is 3.89. The van der Waals surface area contributed by atoms with E-state index in [0.717, 1.165) is 6.54 Å². The molecule has 2 nitrogen and oxygen atoms in total. The lowest BCUT2D eigenvalue weighted by atomic mass is 10.3. The summed E-state index contributed by atoms with van der Waals surface area (Å²) in [7, 11) is 1.77. The average Bonchev–Trinajstić information content (AvgIpc) is 2.15. The van der Waals surface area contributed by atoms with Gasteiger partial charge in [-0.25, -0.2) is 0 Å². The monoisotopic (exact) mass is 170 g/mol. The Balaban J connectivity index is 0. The van der Waals surface area contributed by atoms with Crippen molar-refractivity contribution >= 4 is 6.34 Å². The zero-order chi connectivity index (χ0) is 9.82. The number of aliphatic imine (C=N–C) groups is 1. The highest BCUT2D eigenvalue weighted by Gasteiger charge is 1.89. The summed E-state index contributed by atoms with van der Waals surface area (Å²) in [4.78, 5) is 5.88. The Labute approximate surface area is 77.0 Å². The van der Waals surface area contributed by atoms with Crippen molar-refractivity contribution in [2.45, 2.75) is 33.6 Å². The molecule has 0 atom stereocenters. The molecule has 12 heavy (non-hydrogen) atoms. The van der Waals surface area contributed by atoms with Crippen LogP contribution in [0.5, 0.6) is 0 Å². The molecule has 0 heterocycles. The minimum Gasteiger partial charge on any atom is -0.340 e. The molecule has 0 N–H and O–H groups in total. The van der Waals surface area contributed by atoms with Gasteiger partial charge < -0.3 is 4.90 Å². The molecule has 0 aliphatic heterocycles. The summed E-state index contributed by atoms with van der Waals surface area (Å²) in [6.07, 6.45) is 5.99. The van der Waals surface area contributed by atoms with E-state index in [1.807, 2.05) is 18.7 Å². The van der Waals surface area contributed by atoms with Crippen molar-refractivity contribution in [1.82, 2.24) is 4.90 Å². The predicted molar refractivity (Wildman–Crippen MR) is 57.6 cm³/mol. The molecule has 2 heteroatoms. The zero-order valence-electron chi connectivity index (χ0n) is 8.88. The minimum atomic E-state index is 1.03. The van der Waals surface area contributed by atoms with E-state index in [2.05, 4.69) is 18.5 Å². The fraction of sp³-hybridized carbons (Fsp3) is 0.700. The molecule has 0 rings (SSSR count). The number of hydrogen-bond donors (Lipinski definition) is 0. The van der Waals surface area contributed by atoms with E-state index >= 15 is 0 Å².